The summed E-state index contributed by atoms with van der Waals surface area (Å²) >= 11 is 1.90. The van der Waals surface area contributed by atoms with Crippen molar-refractivity contribution in [3.8, 4) is 5.69 Å². The fourth-order valence-electron chi connectivity index (χ4n) is 2.08. The Morgan fingerprint density at radius 1 is 1.20 bits per heavy atom. The van der Waals surface area contributed by atoms with Crippen molar-refractivity contribution in [1.82, 2.24) is 15.1 Å². The van der Waals surface area contributed by atoms with Gasteiger partial charge in [-0.1, -0.05) is 32.0 Å². The van der Waals surface area contributed by atoms with Gasteiger partial charge in [-0.15, -0.1) is 11.8 Å². The lowest BCUT2D eigenvalue weighted by atomic mass is 10.2. The second-order valence-electron chi connectivity index (χ2n) is 4.75. The summed E-state index contributed by atoms with van der Waals surface area (Å²) in [6, 6.07) is 10.4. The maximum Gasteiger partial charge on any atom is 0.105 e. The largest absolute Gasteiger partial charge is 0.313 e. The molecule has 0 bridgehead atoms. The van der Waals surface area contributed by atoms with E-state index in [1.165, 1.54) is 17.0 Å². The normalized spacial score (nSPS) is 10.9. The summed E-state index contributed by atoms with van der Waals surface area (Å²) in [5, 5.41) is 9.44. The summed E-state index contributed by atoms with van der Waals surface area (Å²) < 4.78 is 2.09. The predicted molar refractivity (Wildman–Crippen MR) is 86.7 cm³/mol. The van der Waals surface area contributed by atoms with E-state index in [0.29, 0.717) is 0 Å². The highest BCUT2D eigenvalue weighted by Gasteiger charge is 2.16. The number of thioether (sulfide) groups is 1. The minimum absolute atomic E-state index is 0.890. The van der Waals surface area contributed by atoms with E-state index in [9.17, 15) is 0 Å². The lowest BCUT2D eigenvalue weighted by molar-refractivity contribution is 0.708. The van der Waals surface area contributed by atoms with Crippen molar-refractivity contribution >= 4 is 11.8 Å². The molecule has 0 aliphatic carbocycles. The number of aromatic nitrogens is 2. The highest BCUT2D eigenvalue weighted by Crippen LogP contribution is 2.28. The molecule has 3 nitrogen and oxygen atoms in total. The molecule has 2 rings (SSSR count). The quantitative estimate of drug-likeness (QED) is 0.786. The Hall–Kier alpha value is -1.26. The molecule has 0 aliphatic heterocycles. The zero-order chi connectivity index (χ0) is 14.4. The number of hydrogen-bond acceptors (Lipinski definition) is 3. The number of para-hydroxylation sites is 1. The van der Waals surface area contributed by atoms with E-state index in [4.69, 9.17) is 5.10 Å². The Labute approximate surface area is 125 Å². The molecule has 1 heterocycles. The molecule has 4 heteroatoms. The van der Waals surface area contributed by atoms with Crippen LogP contribution in [0.1, 0.15) is 31.5 Å². The Bertz CT molecular complexity index is 534. The zero-order valence-corrected chi connectivity index (χ0v) is 13.3. The van der Waals surface area contributed by atoms with Crippen molar-refractivity contribution < 1.29 is 0 Å². The molecular formula is C16H23N3S. The van der Waals surface area contributed by atoms with E-state index >= 15 is 0 Å². The maximum absolute atomic E-state index is 4.74. The number of hydrogen-bond donors (Lipinski definition) is 1. The Balaban J connectivity index is 2.40. The molecule has 0 spiro atoms. The van der Waals surface area contributed by atoms with E-state index < -0.39 is 0 Å². The molecule has 0 aliphatic rings. The van der Waals surface area contributed by atoms with Gasteiger partial charge in [-0.25, -0.2) is 4.68 Å². The SMILES string of the molecule is CCCSc1c(CNCC)c(C)nn1-c1ccccc1. The summed E-state index contributed by atoms with van der Waals surface area (Å²) in [5.74, 6) is 1.12. The molecule has 20 heavy (non-hydrogen) atoms. The van der Waals surface area contributed by atoms with E-state index in [-0.39, 0.29) is 0 Å². The smallest absolute Gasteiger partial charge is 0.105 e. The molecule has 1 aromatic heterocycles. The van der Waals surface area contributed by atoms with E-state index in [1.807, 2.05) is 17.8 Å². The molecule has 1 N–H and O–H groups in total. The summed E-state index contributed by atoms with van der Waals surface area (Å²) in [6.45, 7) is 8.32. The third-order valence-corrected chi connectivity index (χ3v) is 4.44. The number of benzene rings is 1. The number of nitrogens with zero attached hydrogens (tertiary/aromatic N) is 2. The first-order chi connectivity index (χ1) is 9.77. The molecule has 0 saturated carbocycles. The minimum atomic E-state index is 0.890. The maximum atomic E-state index is 4.74. The van der Waals surface area contributed by atoms with Gasteiger partial charge in [-0.2, -0.15) is 5.10 Å². The van der Waals surface area contributed by atoms with Gasteiger partial charge < -0.3 is 5.32 Å². The summed E-state index contributed by atoms with van der Waals surface area (Å²) in [7, 11) is 0. The van der Waals surface area contributed by atoms with Crippen LogP contribution in [0.25, 0.3) is 5.69 Å². The first-order valence-corrected chi connectivity index (χ1v) is 8.23. The van der Waals surface area contributed by atoms with Crippen LogP contribution in [0.4, 0.5) is 0 Å². The highest BCUT2D eigenvalue weighted by atomic mass is 32.2. The van der Waals surface area contributed by atoms with Crippen LogP contribution < -0.4 is 5.32 Å². The molecule has 0 atom stereocenters. The van der Waals surface area contributed by atoms with Gasteiger partial charge in [0.25, 0.3) is 0 Å². The molecule has 2 aromatic rings. The lowest BCUT2D eigenvalue weighted by Crippen LogP contribution is -2.13. The van der Waals surface area contributed by atoms with E-state index in [0.717, 1.165) is 30.2 Å². The van der Waals surface area contributed by atoms with Crippen molar-refractivity contribution in [2.75, 3.05) is 12.3 Å². The average Bonchev–Trinajstić information content (AvgIpc) is 2.80. The molecule has 0 unspecified atom stereocenters. The number of aryl methyl sites for hydroxylation is 1. The van der Waals surface area contributed by atoms with Crippen LogP contribution >= 0.6 is 11.8 Å². The second-order valence-corrected chi connectivity index (χ2v) is 5.83. The van der Waals surface area contributed by atoms with Gasteiger partial charge in [0, 0.05) is 12.1 Å². The van der Waals surface area contributed by atoms with Crippen LogP contribution in [0, 0.1) is 6.92 Å². The van der Waals surface area contributed by atoms with Gasteiger partial charge in [0.15, 0.2) is 0 Å². The minimum Gasteiger partial charge on any atom is -0.313 e. The lowest BCUT2D eigenvalue weighted by Gasteiger charge is -2.09. The monoisotopic (exact) mass is 289 g/mol. The third kappa shape index (κ3) is 3.44. The fraction of sp³-hybridized carbons (Fsp3) is 0.438. The molecule has 0 amide bonds. The average molecular weight is 289 g/mol. The summed E-state index contributed by atoms with van der Waals surface area (Å²) in [4.78, 5) is 0. The molecule has 1 aromatic carbocycles. The zero-order valence-electron chi connectivity index (χ0n) is 12.5. The van der Waals surface area contributed by atoms with Gasteiger partial charge in [-0.3, -0.25) is 0 Å². The van der Waals surface area contributed by atoms with Crippen LogP contribution in [-0.2, 0) is 6.54 Å². The van der Waals surface area contributed by atoms with Crippen LogP contribution in [0.15, 0.2) is 35.4 Å². The van der Waals surface area contributed by atoms with E-state index in [1.54, 1.807) is 0 Å². The molecule has 0 fully saturated rings. The fourth-order valence-corrected chi connectivity index (χ4v) is 3.14. The molecule has 0 saturated heterocycles. The van der Waals surface area contributed by atoms with Crippen molar-refractivity contribution in [3.63, 3.8) is 0 Å². The highest BCUT2D eigenvalue weighted by molar-refractivity contribution is 7.99. The molecule has 0 radical (unpaired) electrons. The van der Waals surface area contributed by atoms with Crippen molar-refractivity contribution in [2.45, 2.75) is 38.8 Å². The van der Waals surface area contributed by atoms with Crippen molar-refractivity contribution in [1.29, 1.82) is 0 Å². The van der Waals surface area contributed by atoms with Gasteiger partial charge in [0.2, 0.25) is 0 Å². The Morgan fingerprint density at radius 2 is 1.95 bits per heavy atom. The van der Waals surface area contributed by atoms with Crippen LogP contribution in [0.5, 0.6) is 0 Å². The van der Waals surface area contributed by atoms with Gasteiger partial charge in [0.1, 0.15) is 5.03 Å². The molecular weight excluding hydrogens is 266 g/mol. The predicted octanol–water partition coefficient (Wildman–Crippen LogP) is 3.79. The standard InChI is InChI=1S/C16H23N3S/c1-4-11-20-16-15(12-17-5-2)13(3)18-19(16)14-9-7-6-8-10-14/h6-10,17H,4-5,11-12H2,1-3H3. The first-order valence-electron chi connectivity index (χ1n) is 7.25. The van der Waals surface area contributed by atoms with Crippen molar-refractivity contribution in [3.05, 3.63) is 41.6 Å². The third-order valence-electron chi connectivity index (χ3n) is 3.13. The van der Waals surface area contributed by atoms with Gasteiger partial charge in [0.05, 0.1) is 11.4 Å². The summed E-state index contributed by atoms with van der Waals surface area (Å²) in [5.41, 5.74) is 3.58. The topological polar surface area (TPSA) is 29.9 Å². The Morgan fingerprint density at radius 3 is 2.60 bits per heavy atom. The van der Waals surface area contributed by atoms with Gasteiger partial charge >= 0.3 is 0 Å². The first kappa shape index (κ1) is 15.1. The number of nitrogens with one attached hydrogen (secondary N) is 1. The number of rotatable bonds is 7. The molecule has 108 valence electrons. The van der Waals surface area contributed by atoms with Gasteiger partial charge in [-0.05, 0) is 37.8 Å². The second kappa shape index (κ2) is 7.50. The summed E-state index contributed by atoms with van der Waals surface area (Å²) in [6.07, 6.45) is 1.17. The van der Waals surface area contributed by atoms with Crippen LogP contribution in [0.3, 0.4) is 0 Å². The van der Waals surface area contributed by atoms with Crippen molar-refractivity contribution in [2.24, 2.45) is 0 Å². The van der Waals surface area contributed by atoms with Crippen LogP contribution in [-0.4, -0.2) is 22.1 Å². The van der Waals surface area contributed by atoms with Crippen LogP contribution in [0.2, 0.25) is 0 Å². The van der Waals surface area contributed by atoms with E-state index in [2.05, 4.69) is 55.0 Å². The Kier molecular flexibility index (Phi) is 5.68.